The highest BCUT2D eigenvalue weighted by Gasteiger charge is 2.25. The van der Waals surface area contributed by atoms with E-state index < -0.39 is 22.2 Å². The summed E-state index contributed by atoms with van der Waals surface area (Å²) >= 11 is 0. The third-order valence-corrected chi connectivity index (χ3v) is 7.48. The Morgan fingerprint density at radius 1 is 1.12 bits per heavy atom. The third-order valence-electron chi connectivity index (χ3n) is 5.60. The molecule has 1 aromatic rings. The molecule has 3 N–H and O–H groups in total. The number of hydrogen-bond acceptors (Lipinski definition) is 6. The fourth-order valence-corrected chi connectivity index (χ4v) is 5.22. The average molecular weight is 500 g/mol. The second-order valence-electron chi connectivity index (χ2n) is 9.15. The molecule has 0 fully saturated rings. The monoisotopic (exact) mass is 499 g/mol. The number of carbonyl (C=O) groups excluding carboxylic acids is 1. The molecule has 0 aliphatic carbocycles. The van der Waals surface area contributed by atoms with E-state index in [-0.39, 0.29) is 18.1 Å². The summed E-state index contributed by atoms with van der Waals surface area (Å²) in [5, 5.41) is 16.9. The SMILES string of the molecule is CCCN(CCC)S(=O)(=O)CCC(=O)N[C@@H](Cc1ccc(OC)cc1)[C@H](O)CNCCC(C)C. The summed E-state index contributed by atoms with van der Waals surface area (Å²) in [5.74, 6) is 0.670. The molecular weight excluding hydrogens is 454 g/mol. The van der Waals surface area contributed by atoms with E-state index >= 15 is 0 Å². The highest BCUT2D eigenvalue weighted by molar-refractivity contribution is 7.89. The van der Waals surface area contributed by atoms with Gasteiger partial charge in [-0.3, -0.25) is 4.79 Å². The van der Waals surface area contributed by atoms with Gasteiger partial charge in [-0.2, -0.15) is 0 Å². The largest absolute Gasteiger partial charge is 0.497 e. The Morgan fingerprint density at radius 3 is 2.26 bits per heavy atom. The van der Waals surface area contributed by atoms with Gasteiger partial charge in [-0.15, -0.1) is 0 Å². The van der Waals surface area contributed by atoms with E-state index in [0.29, 0.717) is 32.0 Å². The summed E-state index contributed by atoms with van der Waals surface area (Å²) in [6, 6.07) is 6.93. The zero-order valence-corrected chi connectivity index (χ0v) is 22.4. The quantitative estimate of drug-likeness (QED) is 0.268. The summed E-state index contributed by atoms with van der Waals surface area (Å²) in [6.45, 7) is 10.2. The molecule has 0 saturated heterocycles. The maximum Gasteiger partial charge on any atom is 0.221 e. The molecule has 196 valence electrons. The third kappa shape index (κ3) is 11.6. The van der Waals surface area contributed by atoms with Crippen LogP contribution in [-0.4, -0.2) is 74.9 Å². The maximum absolute atomic E-state index is 12.7. The zero-order valence-electron chi connectivity index (χ0n) is 21.5. The van der Waals surface area contributed by atoms with Crippen LogP contribution in [0.3, 0.4) is 0 Å². The lowest BCUT2D eigenvalue weighted by Crippen LogP contribution is -2.49. The maximum atomic E-state index is 12.7. The Kier molecular flexibility index (Phi) is 14.4. The van der Waals surface area contributed by atoms with Crippen molar-refractivity contribution in [3.8, 4) is 5.75 Å². The van der Waals surface area contributed by atoms with Crippen molar-refractivity contribution in [2.24, 2.45) is 5.92 Å². The van der Waals surface area contributed by atoms with Crippen LogP contribution >= 0.6 is 0 Å². The lowest BCUT2D eigenvalue weighted by molar-refractivity contribution is -0.122. The first-order valence-electron chi connectivity index (χ1n) is 12.4. The molecule has 0 saturated carbocycles. The molecule has 1 aromatic carbocycles. The lowest BCUT2D eigenvalue weighted by atomic mass is 10.0. The number of sulfonamides is 1. The number of methoxy groups -OCH3 is 1. The van der Waals surface area contributed by atoms with E-state index in [1.807, 2.05) is 38.1 Å². The number of carbonyl (C=O) groups is 1. The molecular formula is C25H45N3O5S. The Hall–Kier alpha value is -1.68. The van der Waals surface area contributed by atoms with Crippen LogP contribution in [0.2, 0.25) is 0 Å². The van der Waals surface area contributed by atoms with E-state index in [0.717, 1.165) is 37.1 Å². The minimum absolute atomic E-state index is 0.140. The summed E-state index contributed by atoms with van der Waals surface area (Å²) < 4.78 is 32.0. The zero-order chi connectivity index (χ0) is 25.6. The molecule has 9 heteroatoms. The van der Waals surface area contributed by atoms with Crippen LogP contribution in [0.5, 0.6) is 5.75 Å². The molecule has 1 amide bonds. The fraction of sp³-hybridized carbons (Fsp3) is 0.720. The van der Waals surface area contributed by atoms with Crippen LogP contribution < -0.4 is 15.4 Å². The normalized spacial score (nSPS) is 13.8. The highest BCUT2D eigenvalue weighted by Crippen LogP contribution is 2.14. The number of ether oxygens (including phenoxy) is 1. The van der Waals surface area contributed by atoms with E-state index in [4.69, 9.17) is 4.74 Å². The number of nitrogens with zero attached hydrogens (tertiary/aromatic N) is 1. The molecule has 0 aliphatic heterocycles. The number of rotatable bonds is 18. The number of amides is 1. The Morgan fingerprint density at radius 2 is 1.74 bits per heavy atom. The number of aliphatic hydroxyl groups is 1. The van der Waals surface area contributed by atoms with Gasteiger partial charge in [0.25, 0.3) is 0 Å². The molecule has 0 aliphatic rings. The van der Waals surface area contributed by atoms with Gasteiger partial charge in [-0.05, 0) is 55.8 Å². The summed E-state index contributed by atoms with van der Waals surface area (Å²) in [4.78, 5) is 12.7. The molecule has 0 radical (unpaired) electrons. The second-order valence-corrected chi connectivity index (χ2v) is 11.2. The van der Waals surface area contributed by atoms with Crippen LogP contribution in [0.25, 0.3) is 0 Å². The number of benzene rings is 1. The molecule has 2 atom stereocenters. The van der Waals surface area contributed by atoms with Crippen LogP contribution in [0.4, 0.5) is 0 Å². The molecule has 1 rings (SSSR count). The van der Waals surface area contributed by atoms with Crippen molar-refractivity contribution in [2.75, 3.05) is 39.0 Å². The number of aliphatic hydroxyl groups excluding tert-OH is 1. The number of nitrogens with one attached hydrogen (secondary N) is 2. The molecule has 0 unspecified atom stereocenters. The summed E-state index contributed by atoms with van der Waals surface area (Å²) in [7, 11) is -1.91. The molecule has 0 bridgehead atoms. The predicted octanol–water partition coefficient (Wildman–Crippen LogP) is 2.56. The van der Waals surface area contributed by atoms with Gasteiger partial charge in [0.2, 0.25) is 15.9 Å². The predicted molar refractivity (Wildman–Crippen MR) is 138 cm³/mol. The van der Waals surface area contributed by atoms with Gasteiger partial charge < -0.3 is 20.5 Å². The van der Waals surface area contributed by atoms with Crippen molar-refractivity contribution in [2.45, 2.75) is 71.9 Å². The highest BCUT2D eigenvalue weighted by atomic mass is 32.2. The minimum Gasteiger partial charge on any atom is -0.497 e. The van der Waals surface area contributed by atoms with E-state index in [9.17, 15) is 18.3 Å². The molecule has 34 heavy (non-hydrogen) atoms. The topological polar surface area (TPSA) is 108 Å². The first-order chi connectivity index (χ1) is 16.1. The Labute approximate surface area is 206 Å². The smallest absolute Gasteiger partial charge is 0.221 e. The molecule has 0 spiro atoms. The molecule has 8 nitrogen and oxygen atoms in total. The van der Waals surface area contributed by atoms with E-state index in [1.54, 1.807) is 7.11 Å². The van der Waals surface area contributed by atoms with Gasteiger partial charge >= 0.3 is 0 Å². The minimum atomic E-state index is -3.51. The Balaban J connectivity index is 2.80. The van der Waals surface area contributed by atoms with Crippen LogP contribution in [-0.2, 0) is 21.2 Å². The van der Waals surface area contributed by atoms with Gasteiger partial charge in [0, 0.05) is 26.1 Å². The van der Waals surface area contributed by atoms with Gasteiger partial charge in [0.1, 0.15) is 5.75 Å². The number of hydrogen-bond donors (Lipinski definition) is 3. The van der Waals surface area contributed by atoms with E-state index in [2.05, 4.69) is 24.5 Å². The van der Waals surface area contributed by atoms with Gasteiger partial charge in [-0.25, -0.2) is 12.7 Å². The summed E-state index contributed by atoms with van der Waals surface area (Å²) in [6.07, 6.45) is 1.92. The van der Waals surface area contributed by atoms with Crippen LogP contribution in [0.15, 0.2) is 24.3 Å². The van der Waals surface area contributed by atoms with Crippen LogP contribution in [0, 0.1) is 5.92 Å². The van der Waals surface area contributed by atoms with Crippen molar-refractivity contribution < 1.29 is 23.1 Å². The summed E-state index contributed by atoms with van der Waals surface area (Å²) in [5.41, 5.74) is 0.942. The first kappa shape index (κ1) is 30.4. The van der Waals surface area contributed by atoms with Gasteiger partial charge in [0.15, 0.2) is 0 Å². The standard InChI is InChI=1S/C25H45N3O5S/c1-6-15-28(16-7-2)34(31,32)17-13-25(30)27-23(24(29)19-26-14-12-20(3)4)18-21-8-10-22(33-5)11-9-21/h8-11,20,23-24,26,29H,6-7,12-19H2,1-5H3,(H,27,30)/t23-,24+/m0/s1. The first-order valence-corrected chi connectivity index (χ1v) is 14.0. The van der Waals surface area contributed by atoms with Crippen molar-refractivity contribution in [1.29, 1.82) is 0 Å². The van der Waals surface area contributed by atoms with Gasteiger partial charge in [-0.1, -0.05) is 39.8 Å². The molecule has 0 aromatic heterocycles. The second kappa shape index (κ2) is 16.1. The fourth-order valence-electron chi connectivity index (χ4n) is 3.60. The van der Waals surface area contributed by atoms with Crippen molar-refractivity contribution >= 4 is 15.9 Å². The van der Waals surface area contributed by atoms with Crippen LogP contribution in [0.1, 0.15) is 58.9 Å². The van der Waals surface area contributed by atoms with Gasteiger partial charge in [0.05, 0.1) is 25.0 Å². The average Bonchev–Trinajstić information content (AvgIpc) is 2.80. The van der Waals surface area contributed by atoms with Crippen molar-refractivity contribution in [3.63, 3.8) is 0 Å². The molecule has 0 heterocycles. The van der Waals surface area contributed by atoms with Crippen molar-refractivity contribution in [3.05, 3.63) is 29.8 Å². The lowest BCUT2D eigenvalue weighted by Gasteiger charge is -2.25. The van der Waals surface area contributed by atoms with Crippen molar-refractivity contribution in [1.82, 2.24) is 14.9 Å². The van der Waals surface area contributed by atoms with E-state index in [1.165, 1.54) is 4.31 Å². The Bertz CT molecular complexity index is 793.